The Morgan fingerprint density at radius 1 is 0.947 bits per heavy atom. The van der Waals surface area contributed by atoms with Crippen molar-refractivity contribution in [3.05, 3.63) is 54.0 Å². The number of aliphatic hydroxyl groups is 1. The Morgan fingerprint density at radius 3 is 2.26 bits per heavy atom. The molecule has 2 aromatic rings. The molecule has 1 N–H and O–H groups in total. The van der Waals surface area contributed by atoms with Crippen LogP contribution < -0.4 is 0 Å². The van der Waals surface area contributed by atoms with Crippen molar-refractivity contribution in [2.75, 3.05) is 13.2 Å². The van der Waals surface area contributed by atoms with Crippen molar-refractivity contribution in [3.8, 4) is 0 Å². The normalized spacial score (nSPS) is 10.2. The first-order chi connectivity index (χ1) is 9.27. The quantitative estimate of drug-likeness (QED) is 0.821. The van der Waals surface area contributed by atoms with Crippen molar-refractivity contribution < 1.29 is 14.6 Å². The van der Waals surface area contributed by atoms with Crippen molar-refractivity contribution in [2.45, 2.75) is 13.8 Å². The number of hydrogen-bond acceptors (Lipinski definition) is 3. The molecule has 3 nitrogen and oxygen atoms in total. The molecule has 3 heteroatoms. The van der Waals surface area contributed by atoms with Crippen LogP contribution in [0, 0.1) is 0 Å². The van der Waals surface area contributed by atoms with Crippen LogP contribution in [0.3, 0.4) is 0 Å². The molecule has 0 spiro atoms. The maximum absolute atomic E-state index is 10.4. The standard InChI is InChI=1S/C16H18O3/c1-3-18-16(19-4-2)15(17)14-11-7-9-12-8-5-6-10-13(12)14/h5-11,17H,3-4H2,1-2H3. The van der Waals surface area contributed by atoms with Crippen LogP contribution in [0.5, 0.6) is 0 Å². The number of hydrogen-bond donors (Lipinski definition) is 1. The van der Waals surface area contributed by atoms with Gasteiger partial charge in [-0.3, -0.25) is 0 Å². The fraction of sp³-hybridized carbons (Fsp3) is 0.250. The highest BCUT2D eigenvalue weighted by atomic mass is 16.7. The van der Waals surface area contributed by atoms with E-state index in [1.54, 1.807) is 0 Å². The monoisotopic (exact) mass is 258 g/mol. The first-order valence-electron chi connectivity index (χ1n) is 6.44. The van der Waals surface area contributed by atoms with Gasteiger partial charge in [0, 0.05) is 5.56 Å². The highest BCUT2D eigenvalue weighted by Gasteiger charge is 2.13. The molecule has 0 saturated heterocycles. The second-order valence-corrected chi connectivity index (χ2v) is 4.03. The van der Waals surface area contributed by atoms with Gasteiger partial charge in [-0.25, -0.2) is 0 Å². The molecule has 0 atom stereocenters. The molecule has 0 bridgehead atoms. The minimum Gasteiger partial charge on any atom is -0.502 e. The van der Waals surface area contributed by atoms with Crippen LogP contribution >= 0.6 is 0 Å². The van der Waals surface area contributed by atoms with Crippen LogP contribution in [0.2, 0.25) is 0 Å². The molecule has 0 saturated carbocycles. The Kier molecular flexibility index (Phi) is 4.29. The molecule has 0 aromatic heterocycles. The zero-order valence-electron chi connectivity index (χ0n) is 11.2. The van der Waals surface area contributed by atoms with Gasteiger partial charge < -0.3 is 14.6 Å². The molecule has 2 rings (SSSR count). The summed E-state index contributed by atoms with van der Waals surface area (Å²) in [6.07, 6.45) is 0. The third-order valence-corrected chi connectivity index (χ3v) is 2.79. The Balaban J connectivity index is 2.55. The predicted molar refractivity (Wildman–Crippen MR) is 76.7 cm³/mol. The number of rotatable bonds is 5. The summed E-state index contributed by atoms with van der Waals surface area (Å²) in [5.74, 6) is 0.224. The van der Waals surface area contributed by atoms with E-state index in [2.05, 4.69) is 0 Å². The number of benzene rings is 2. The molecule has 0 fully saturated rings. The Hall–Kier alpha value is -2.16. The van der Waals surface area contributed by atoms with Crippen molar-refractivity contribution in [1.29, 1.82) is 0 Å². The molecule has 0 amide bonds. The van der Waals surface area contributed by atoms with Gasteiger partial charge in [0.15, 0.2) is 0 Å². The number of fused-ring (bicyclic) bond motifs is 1. The van der Waals surface area contributed by atoms with Crippen LogP contribution in [0.4, 0.5) is 0 Å². The summed E-state index contributed by atoms with van der Waals surface area (Å²) in [6, 6.07) is 13.7. The molecular formula is C16H18O3. The highest BCUT2D eigenvalue weighted by molar-refractivity contribution is 5.92. The maximum atomic E-state index is 10.4. The number of ether oxygens (including phenoxy) is 2. The molecular weight excluding hydrogens is 240 g/mol. The summed E-state index contributed by atoms with van der Waals surface area (Å²) >= 11 is 0. The van der Waals surface area contributed by atoms with Gasteiger partial charge in [-0.05, 0) is 24.6 Å². The summed E-state index contributed by atoms with van der Waals surface area (Å²) in [5, 5.41) is 12.4. The van der Waals surface area contributed by atoms with Crippen LogP contribution in [0.1, 0.15) is 19.4 Å². The van der Waals surface area contributed by atoms with Crippen LogP contribution in [-0.2, 0) is 9.47 Å². The SMILES string of the molecule is CCOC(OCC)=C(O)c1cccc2ccccc12. The Labute approximate surface area is 113 Å². The van der Waals surface area contributed by atoms with Crippen molar-refractivity contribution in [3.63, 3.8) is 0 Å². The predicted octanol–water partition coefficient (Wildman–Crippen LogP) is 4.10. The summed E-state index contributed by atoms with van der Waals surface area (Å²) in [7, 11) is 0. The molecule has 0 aliphatic carbocycles. The average molecular weight is 258 g/mol. The van der Waals surface area contributed by atoms with Gasteiger partial charge >= 0.3 is 5.95 Å². The van der Waals surface area contributed by atoms with Gasteiger partial charge in [-0.2, -0.15) is 0 Å². The van der Waals surface area contributed by atoms with Crippen molar-refractivity contribution >= 4 is 16.5 Å². The lowest BCUT2D eigenvalue weighted by atomic mass is 10.0. The van der Waals surface area contributed by atoms with Gasteiger partial charge in [0.1, 0.15) is 0 Å². The van der Waals surface area contributed by atoms with Gasteiger partial charge in [-0.15, -0.1) is 0 Å². The Bertz CT molecular complexity index is 574. The largest absolute Gasteiger partial charge is 0.502 e. The lowest BCUT2D eigenvalue weighted by Crippen LogP contribution is -2.02. The first kappa shape index (κ1) is 13.3. The molecule has 0 aliphatic rings. The fourth-order valence-electron chi connectivity index (χ4n) is 1.98. The summed E-state index contributed by atoms with van der Waals surface area (Å²) in [4.78, 5) is 0. The van der Waals surface area contributed by atoms with E-state index >= 15 is 0 Å². The second-order valence-electron chi connectivity index (χ2n) is 4.03. The topological polar surface area (TPSA) is 38.7 Å². The van der Waals surface area contributed by atoms with Gasteiger partial charge in [0.25, 0.3) is 0 Å². The third kappa shape index (κ3) is 2.81. The lowest BCUT2D eigenvalue weighted by Gasteiger charge is -2.12. The molecule has 0 unspecified atom stereocenters. The van der Waals surface area contributed by atoms with Crippen LogP contribution in [-0.4, -0.2) is 18.3 Å². The average Bonchev–Trinajstić information content (AvgIpc) is 2.46. The molecule has 19 heavy (non-hydrogen) atoms. The molecule has 0 aliphatic heterocycles. The van der Waals surface area contributed by atoms with Gasteiger partial charge in [0.2, 0.25) is 5.76 Å². The zero-order chi connectivity index (χ0) is 13.7. The van der Waals surface area contributed by atoms with E-state index in [4.69, 9.17) is 9.47 Å². The zero-order valence-corrected chi connectivity index (χ0v) is 11.2. The van der Waals surface area contributed by atoms with Gasteiger partial charge in [-0.1, -0.05) is 42.5 Å². The Morgan fingerprint density at radius 2 is 1.58 bits per heavy atom. The molecule has 0 radical (unpaired) electrons. The van der Waals surface area contributed by atoms with Crippen LogP contribution in [0.25, 0.3) is 16.5 Å². The summed E-state index contributed by atoms with van der Waals surface area (Å²) in [6.45, 7) is 4.61. The molecule has 100 valence electrons. The van der Waals surface area contributed by atoms with Gasteiger partial charge in [0.05, 0.1) is 13.2 Å². The van der Waals surface area contributed by atoms with Crippen LogP contribution in [0.15, 0.2) is 48.4 Å². The summed E-state index contributed by atoms with van der Waals surface area (Å²) in [5.41, 5.74) is 0.718. The second kappa shape index (κ2) is 6.14. The number of aliphatic hydroxyl groups excluding tert-OH is 1. The fourth-order valence-corrected chi connectivity index (χ4v) is 1.98. The van der Waals surface area contributed by atoms with E-state index in [1.165, 1.54) is 0 Å². The van der Waals surface area contributed by atoms with E-state index in [1.807, 2.05) is 56.3 Å². The van der Waals surface area contributed by atoms with E-state index in [9.17, 15) is 5.11 Å². The van der Waals surface area contributed by atoms with E-state index < -0.39 is 0 Å². The third-order valence-electron chi connectivity index (χ3n) is 2.79. The lowest BCUT2D eigenvalue weighted by molar-refractivity contribution is 0.0428. The smallest absolute Gasteiger partial charge is 0.323 e. The minimum atomic E-state index is 0.0421. The van der Waals surface area contributed by atoms with E-state index in [-0.39, 0.29) is 11.7 Å². The molecule has 2 aromatic carbocycles. The summed E-state index contributed by atoms with van der Waals surface area (Å²) < 4.78 is 10.7. The highest BCUT2D eigenvalue weighted by Crippen LogP contribution is 2.26. The van der Waals surface area contributed by atoms with Crippen molar-refractivity contribution in [2.24, 2.45) is 0 Å². The van der Waals surface area contributed by atoms with Crippen molar-refractivity contribution in [1.82, 2.24) is 0 Å². The minimum absolute atomic E-state index is 0.0421. The van der Waals surface area contributed by atoms with E-state index in [0.717, 1.165) is 16.3 Å². The first-order valence-corrected chi connectivity index (χ1v) is 6.44. The van der Waals surface area contributed by atoms with E-state index in [0.29, 0.717) is 13.2 Å². The maximum Gasteiger partial charge on any atom is 0.323 e. The molecule has 0 heterocycles.